The maximum atomic E-state index is 12.6. The summed E-state index contributed by atoms with van der Waals surface area (Å²) in [6.45, 7) is 0.118. The summed E-state index contributed by atoms with van der Waals surface area (Å²) in [5, 5.41) is 0. The Morgan fingerprint density at radius 1 is 1.07 bits per heavy atom. The zero-order valence-electron chi connectivity index (χ0n) is 16.5. The Labute approximate surface area is 175 Å². The van der Waals surface area contributed by atoms with Crippen LogP contribution in [-0.4, -0.2) is 49.3 Å². The lowest BCUT2D eigenvalue weighted by Gasteiger charge is -2.15. The molecule has 1 aliphatic heterocycles. The van der Waals surface area contributed by atoms with Gasteiger partial charge in [-0.25, -0.2) is 25.9 Å². The van der Waals surface area contributed by atoms with Crippen LogP contribution in [0.5, 0.6) is 11.5 Å². The third-order valence-electron chi connectivity index (χ3n) is 4.63. The van der Waals surface area contributed by atoms with Gasteiger partial charge in [0.1, 0.15) is 11.5 Å². The summed E-state index contributed by atoms with van der Waals surface area (Å²) in [5.41, 5.74) is 0.908. The van der Waals surface area contributed by atoms with E-state index < -0.39 is 26.0 Å². The molecule has 1 fully saturated rings. The molecule has 1 amide bonds. The molecule has 0 atom stereocenters. The summed E-state index contributed by atoms with van der Waals surface area (Å²) < 4.78 is 62.8. The molecular weight excluding hydrogens is 432 g/mol. The number of rotatable bonds is 8. The molecule has 0 aliphatic carbocycles. The predicted molar refractivity (Wildman–Crippen MR) is 111 cm³/mol. The summed E-state index contributed by atoms with van der Waals surface area (Å²) in [5.74, 6) is 0.476. The fourth-order valence-corrected chi connectivity index (χ4v) is 5.60. The average molecular weight is 455 g/mol. The van der Waals surface area contributed by atoms with E-state index in [2.05, 4.69) is 4.72 Å². The molecule has 0 radical (unpaired) electrons. The number of ether oxygens (including phenoxy) is 2. The second-order valence-corrected chi connectivity index (χ2v) is 10.2. The van der Waals surface area contributed by atoms with Gasteiger partial charge in [-0.1, -0.05) is 0 Å². The van der Waals surface area contributed by atoms with E-state index in [4.69, 9.17) is 9.47 Å². The summed E-state index contributed by atoms with van der Waals surface area (Å²) in [6, 6.07) is 10.4. The third-order valence-corrected chi connectivity index (χ3v) is 7.80. The van der Waals surface area contributed by atoms with E-state index in [1.165, 1.54) is 31.4 Å². The third kappa shape index (κ3) is 4.58. The lowest BCUT2D eigenvalue weighted by molar-refractivity contribution is -0.116. The first kappa shape index (κ1) is 22.1. The maximum Gasteiger partial charge on any atom is 0.242 e. The van der Waals surface area contributed by atoms with E-state index >= 15 is 0 Å². The van der Waals surface area contributed by atoms with E-state index in [9.17, 15) is 21.6 Å². The number of benzene rings is 2. The van der Waals surface area contributed by atoms with Crippen molar-refractivity contribution in [3.05, 3.63) is 48.0 Å². The second-order valence-electron chi connectivity index (χ2n) is 6.54. The highest BCUT2D eigenvalue weighted by Crippen LogP contribution is 2.27. The molecule has 30 heavy (non-hydrogen) atoms. The highest BCUT2D eigenvalue weighted by atomic mass is 32.2. The lowest BCUT2D eigenvalue weighted by atomic mass is 10.1. The molecule has 1 aliphatic rings. The molecule has 0 spiro atoms. The van der Waals surface area contributed by atoms with Gasteiger partial charge in [0.2, 0.25) is 26.0 Å². The second kappa shape index (κ2) is 8.62. The molecule has 2 aromatic rings. The number of hydrogen-bond acceptors (Lipinski definition) is 7. The van der Waals surface area contributed by atoms with E-state index in [1.807, 2.05) is 0 Å². The number of anilines is 1. The SMILES string of the molecule is COc1ccc(OC)c(CCNS(=O)(=O)c2ccc(N3C(=O)CCS3(=O)=O)cc2)c1. The fourth-order valence-electron chi connectivity index (χ4n) is 3.11. The predicted octanol–water partition coefficient (Wildman–Crippen LogP) is 1.29. The van der Waals surface area contributed by atoms with Crippen molar-refractivity contribution in [2.45, 2.75) is 17.7 Å². The van der Waals surface area contributed by atoms with Crippen LogP contribution in [0.3, 0.4) is 0 Å². The number of nitrogens with one attached hydrogen (secondary N) is 1. The summed E-state index contributed by atoms with van der Waals surface area (Å²) in [7, 11) is -4.45. The minimum absolute atomic E-state index is 0.0344. The van der Waals surface area contributed by atoms with Crippen molar-refractivity contribution >= 4 is 31.6 Å². The molecular formula is C19H22N2O7S2. The van der Waals surface area contributed by atoms with Crippen molar-refractivity contribution in [1.82, 2.24) is 4.72 Å². The van der Waals surface area contributed by atoms with E-state index in [-0.39, 0.29) is 29.3 Å². The van der Waals surface area contributed by atoms with Crippen LogP contribution in [0, 0.1) is 0 Å². The van der Waals surface area contributed by atoms with Crippen LogP contribution in [0.2, 0.25) is 0 Å². The van der Waals surface area contributed by atoms with Gasteiger partial charge >= 0.3 is 0 Å². The molecule has 162 valence electrons. The molecule has 0 saturated carbocycles. The van der Waals surface area contributed by atoms with Crippen LogP contribution in [0.4, 0.5) is 5.69 Å². The van der Waals surface area contributed by atoms with Crippen LogP contribution in [0.15, 0.2) is 47.4 Å². The van der Waals surface area contributed by atoms with Crippen LogP contribution in [-0.2, 0) is 31.3 Å². The summed E-state index contributed by atoms with van der Waals surface area (Å²) in [6.07, 6.45) is 0.288. The number of carbonyl (C=O) groups is 1. The molecule has 11 heteroatoms. The number of nitrogens with zero attached hydrogens (tertiary/aromatic N) is 1. The van der Waals surface area contributed by atoms with Crippen molar-refractivity contribution in [2.75, 3.05) is 30.8 Å². The van der Waals surface area contributed by atoms with Gasteiger partial charge in [0.05, 0.1) is 30.6 Å². The van der Waals surface area contributed by atoms with E-state index in [1.54, 1.807) is 25.3 Å². The highest BCUT2D eigenvalue weighted by molar-refractivity contribution is 7.94. The van der Waals surface area contributed by atoms with Crippen molar-refractivity contribution in [3.63, 3.8) is 0 Å². The minimum Gasteiger partial charge on any atom is -0.497 e. The number of hydrogen-bond donors (Lipinski definition) is 1. The summed E-state index contributed by atoms with van der Waals surface area (Å²) >= 11 is 0. The highest BCUT2D eigenvalue weighted by Gasteiger charge is 2.36. The first-order valence-electron chi connectivity index (χ1n) is 9.04. The van der Waals surface area contributed by atoms with Gasteiger partial charge in [-0.05, 0) is 54.4 Å². The van der Waals surface area contributed by atoms with Crippen molar-refractivity contribution in [1.29, 1.82) is 0 Å². The van der Waals surface area contributed by atoms with Crippen molar-refractivity contribution < 1.29 is 31.1 Å². The Hall–Kier alpha value is -2.63. The first-order valence-corrected chi connectivity index (χ1v) is 12.1. The molecule has 1 heterocycles. The molecule has 9 nitrogen and oxygen atoms in total. The maximum absolute atomic E-state index is 12.6. The molecule has 0 unspecified atom stereocenters. The Morgan fingerprint density at radius 3 is 2.33 bits per heavy atom. The zero-order valence-corrected chi connectivity index (χ0v) is 18.1. The number of methoxy groups -OCH3 is 2. The van der Waals surface area contributed by atoms with Gasteiger partial charge in [-0.3, -0.25) is 4.79 Å². The molecule has 2 aromatic carbocycles. The Morgan fingerprint density at radius 2 is 1.77 bits per heavy atom. The van der Waals surface area contributed by atoms with Crippen molar-refractivity contribution in [3.8, 4) is 11.5 Å². The first-order chi connectivity index (χ1) is 14.2. The van der Waals surface area contributed by atoms with Crippen molar-refractivity contribution in [2.24, 2.45) is 0 Å². The topological polar surface area (TPSA) is 119 Å². The largest absolute Gasteiger partial charge is 0.497 e. The Bertz CT molecular complexity index is 1140. The van der Waals surface area contributed by atoms with Crippen LogP contribution in [0.25, 0.3) is 0 Å². The monoisotopic (exact) mass is 454 g/mol. The molecule has 0 bridgehead atoms. The van der Waals surface area contributed by atoms with Gasteiger partial charge in [0.25, 0.3) is 0 Å². The van der Waals surface area contributed by atoms with E-state index in [0.29, 0.717) is 22.2 Å². The van der Waals surface area contributed by atoms with Crippen LogP contribution < -0.4 is 18.5 Å². The smallest absolute Gasteiger partial charge is 0.242 e. The average Bonchev–Trinajstić information content (AvgIpc) is 3.00. The quantitative estimate of drug-likeness (QED) is 0.638. The lowest BCUT2D eigenvalue weighted by Crippen LogP contribution is -2.29. The van der Waals surface area contributed by atoms with Gasteiger partial charge < -0.3 is 9.47 Å². The number of amides is 1. The normalized spacial score (nSPS) is 15.9. The molecule has 1 N–H and O–H groups in total. The van der Waals surface area contributed by atoms with Crippen LogP contribution >= 0.6 is 0 Å². The van der Waals surface area contributed by atoms with Gasteiger partial charge in [0, 0.05) is 13.0 Å². The Kier molecular flexibility index (Phi) is 6.34. The standard InChI is InChI=1S/C19H22N2O7S2/c1-27-16-5-8-18(28-2)14(13-16)9-11-20-30(25,26)17-6-3-15(4-7-17)21-19(22)10-12-29(21,23)24/h3-8,13,20H,9-12H2,1-2H3. The van der Waals surface area contributed by atoms with E-state index in [0.717, 1.165) is 5.56 Å². The van der Waals surface area contributed by atoms with Gasteiger partial charge in [0.15, 0.2) is 0 Å². The number of carbonyl (C=O) groups excluding carboxylic acids is 1. The minimum atomic E-state index is -3.82. The Balaban J connectivity index is 1.70. The zero-order chi connectivity index (χ0) is 21.9. The fraction of sp³-hybridized carbons (Fsp3) is 0.316. The van der Waals surface area contributed by atoms with Gasteiger partial charge in [-0.15, -0.1) is 0 Å². The summed E-state index contributed by atoms with van der Waals surface area (Å²) in [4.78, 5) is 11.8. The van der Waals surface area contributed by atoms with Crippen LogP contribution in [0.1, 0.15) is 12.0 Å². The number of sulfonamides is 2. The molecule has 1 saturated heterocycles. The van der Waals surface area contributed by atoms with Gasteiger partial charge in [-0.2, -0.15) is 0 Å². The molecule has 0 aromatic heterocycles. The molecule has 3 rings (SSSR count).